The third-order valence-electron chi connectivity index (χ3n) is 7.42. The van der Waals surface area contributed by atoms with E-state index >= 15 is 0 Å². The molecule has 148 valence electrons. The summed E-state index contributed by atoms with van der Waals surface area (Å²) in [6.45, 7) is 2.15. The second-order valence-corrected chi connectivity index (χ2v) is 9.72. The highest BCUT2D eigenvalue weighted by Crippen LogP contribution is 2.65. The van der Waals surface area contributed by atoms with Crippen molar-refractivity contribution >= 4 is 40.1 Å². The third kappa shape index (κ3) is 2.05. The monoisotopic (exact) mass is 505 g/mol. The molecule has 0 unspecified atom stereocenters. The van der Waals surface area contributed by atoms with Gasteiger partial charge in [-0.25, -0.2) is 4.90 Å². The Hall–Kier alpha value is -2.47. The first-order chi connectivity index (χ1) is 14.6. The lowest BCUT2D eigenvalue weighted by atomic mass is 9.46. The van der Waals surface area contributed by atoms with Crippen molar-refractivity contribution in [2.75, 3.05) is 4.90 Å². The second kappa shape index (κ2) is 6.27. The molecule has 3 aromatic carbocycles. The molecule has 3 aliphatic carbocycles. The largest absolute Gasteiger partial charge is 0.274 e. The maximum atomic E-state index is 13.9. The van der Waals surface area contributed by atoms with E-state index in [0.29, 0.717) is 5.69 Å². The highest BCUT2D eigenvalue weighted by atomic mass is 127. The van der Waals surface area contributed by atoms with Crippen LogP contribution in [-0.4, -0.2) is 11.8 Å². The van der Waals surface area contributed by atoms with Gasteiger partial charge < -0.3 is 0 Å². The second-order valence-electron chi connectivity index (χ2n) is 8.47. The van der Waals surface area contributed by atoms with Crippen LogP contribution in [0.4, 0.5) is 5.69 Å². The number of hydrogen-bond acceptors (Lipinski definition) is 2. The molecular weight excluding hydrogens is 485 g/mol. The maximum Gasteiger partial charge on any atom is 0.238 e. The Morgan fingerprint density at radius 3 is 2.10 bits per heavy atom. The smallest absolute Gasteiger partial charge is 0.238 e. The SMILES string of the molecule is CCC12c3ccccc3C(c3ccccc31)[C@@H]1C(=O)N(c3cccc(I)c3)C(=O)[C@@H]12. The van der Waals surface area contributed by atoms with Gasteiger partial charge in [-0.15, -0.1) is 0 Å². The van der Waals surface area contributed by atoms with Crippen LogP contribution in [0, 0.1) is 15.4 Å². The predicted octanol–water partition coefficient (Wildman–Crippen LogP) is 5.25. The van der Waals surface area contributed by atoms with Crippen LogP contribution in [0.25, 0.3) is 0 Å². The molecule has 1 fully saturated rings. The first-order valence-electron chi connectivity index (χ1n) is 10.4. The van der Waals surface area contributed by atoms with Crippen molar-refractivity contribution in [3.05, 3.63) is 98.6 Å². The molecular formula is C26H20INO2. The van der Waals surface area contributed by atoms with E-state index in [1.807, 2.05) is 24.3 Å². The number of carbonyl (C=O) groups is 2. The summed E-state index contributed by atoms with van der Waals surface area (Å²) in [7, 11) is 0. The zero-order chi connectivity index (χ0) is 20.6. The number of halogens is 1. The molecule has 4 heteroatoms. The molecule has 7 rings (SSSR count). The topological polar surface area (TPSA) is 37.4 Å². The fourth-order valence-corrected chi connectivity index (χ4v) is 6.93. The Bertz CT molecular complexity index is 1190. The van der Waals surface area contributed by atoms with Gasteiger partial charge in [0.15, 0.2) is 0 Å². The van der Waals surface area contributed by atoms with Crippen molar-refractivity contribution in [2.24, 2.45) is 11.8 Å². The van der Waals surface area contributed by atoms with E-state index < -0.39 is 5.41 Å². The van der Waals surface area contributed by atoms with Crippen LogP contribution in [0.3, 0.4) is 0 Å². The molecule has 0 aromatic heterocycles. The molecule has 0 saturated carbocycles. The summed E-state index contributed by atoms with van der Waals surface area (Å²) in [6.07, 6.45) is 0.786. The van der Waals surface area contributed by atoms with Crippen LogP contribution in [0.1, 0.15) is 41.5 Å². The zero-order valence-corrected chi connectivity index (χ0v) is 18.7. The van der Waals surface area contributed by atoms with Gasteiger partial charge in [0.1, 0.15) is 0 Å². The van der Waals surface area contributed by atoms with Gasteiger partial charge >= 0.3 is 0 Å². The van der Waals surface area contributed by atoms with Crippen molar-refractivity contribution in [3.8, 4) is 0 Å². The minimum absolute atomic E-state index is 0.0529. The number of carbonyl (C=O) groups excluding carboxylic acids is 2. The molecule has 3 nitrogen and oxygen atoms in total. The summed E-state index contributed by atoms with van der Waals surface area (Å²) in [5.41, 5.74) is 5.10. The lowest BCUT2D eigenvalue weighted by Crippen LogP contribution is -2.53. The molecule has 1 aliphatic heterocycles. The van der Waals surface area contributed by atoms with Crippen LogP contribution in [0.15, 0.2) is 72.8 Å². The van der Waals surface area contributed by atoms with Crippen LogP contribution in [0.2, 0.25) is 0 Å². The molecule has 30 heavy (non-hydrogen) atoms. The average molecular weight is 505 g/mol. The number of benzene rings is 3. The van der Waals surface area contributed by atoms with Crippen LogP contribution < -0.4 is 4.90 Å². The van der Waals surface area contributed by atoms with Crippen molar-refractivity contribution in [1.29, 1.82) is 0 Å². The number of rotatable bonds is 2. The minimum Gasteiger partial charge on any atom is -0.274 e. The van der Waals surface area contributed by atoms with E-state index in [-0.39, 0.29) is 29.6 Å². The summed E-state index contributed by atoms with van der Waals surface area (Å²) in [5, 5.41) is 0. The lowest BCUT2D eigenvalue weighted by Gasteiger charge is -2.54. The molecule has 0 N–H and O–H groups in total. The molecule has 1 heterocycles. The molecule has 0 radical (unpaired) electrons. The van der Waals surface area contributed by atoms with E-state index in [4.69, 9.17) is 0 Å². The van der Waals surface area contributed by atoms with Gasteiger partial charge in [0.2, 0.25) is 11.8 Å². The zero-order valence-electron chi connectivity index (χ0n) is 16.5. The number of imide groups is 1. The third-order valence-corrected chi connectivity index (χ3v) is 8.09. The van der Waals surface area contributed by atoms with E-state index in [2.05, 4.69) is 78.0 Å². The Kier molecular flexibility index (Phi) is 3.82. The van der Waals surface area contributed by atoms with Crippen molar-refractivity contribution < 1.29 is 9.59 Å². The minimum atomic E-state index is -0.462. The van der Waals surface area contributed by atoms with Gasteiger partial charge in [0.25, 0.3) is 0 Å². The van der Waals surface area contributed by atoms with Crippen molar-refractivity contribution in [2.45, 2.75) is 24.7 Å². The van der Waals surface area contributed by atoms with Gasteiger partial charge in [-0.05, 0) is 69.5 Å². The van der Waals surface area contributed by atoms with Crippen LogP contribution in [-0.2, 0) is 15.0 Å². The number of nitrogens with zero attached hydrogens (tertiary/aromatic N) is 1. The van der Waals surface area contributed by atoms with Crippen LogP contribution >= 0.6 is 22.6 Å². The lowest BCUT2D eigenvalue weighted by molar-refractivity contribution is -0.123. The normalized spacial score (nSPS) is 28.3. The fourth-order valence-electron chi connectivity index (χ4n) is 6.40. The predicted molar refractivity (Wildman–Crippen MR) is 124 cm³/mol. The summed E-state index contributed by atoms with van der Waals surface area (Å²) in [6, 6.07) is 24.6. The van der Waals surface area contributed by atoms with Gasteiger partial charge in [-0.3, -0.25) is 9.59 Å². The van der Waals surface area contributed by atoms with E-state index in [9.17, 15) is 9.59 Å². The molecule has 2 bridgehead atoms. The van der Waals surface area contributed by atoms with E-state index in [0.717, 1.165) is 9.99 Å². The highest BCUT2D eigenvalue weighted by molar-refractivity contribution is 14.1. The number of anilines is 1. The van der Waals surface area contributed by atoms with Crippen molar-refractivity contribution in [1.82, 2.24) is 0 Å². The van der Waals surface area contributed by atoms with Crippen molar-refractivity contribution in [3.63, 3.8) is 0 Å². The summed E-state index contributed by atoms with van der Waals surface area (Å²) in [5.74, 6) is -0.885. The Morgan fingerprint density at radius 2 is 1.50 bits per heavy atom. The van der Waals surface area contributed by atoms with E-state index in [1.165, 1.54) is 27.2 Å². The Morgan fingerprint density at radius 1 is 0.867 bits per heavy atom. The molecule has 2 amide bonds. The number of amides is 2. The van der Waals surface area contributed by atoms with Gasteiger partial charge in [0, 0.05) is 14.9 Å². The van der Waals surface area contributed by atoms with E-state index in [1.54, 1.807) is 0 Å². The van der Waals surface area contributed by atoms with Gasteiger partial charge in [-0.1, -0.05) is 61.5 Å². The Balaban J connectivity index is 1.65. The first kappa shape index (κ1) is 18.3. The first-order valence-corrected chi connectivity index (χ1v) is 11.5. The fraction of sp³-hybridized carbons (Fsp3) is 0.231. The van der Waals surface area contributed by atoms with Gasteiger partial charge in [-0.2, -0.15) is 0 Å². The highest BCUT2D eigenvalue weighted by Gasteiger charge is 2.67. The molecule has 2 atom stereocenters. The number of hydrogen-bond donors (Lipinski definition) is 0. The molecule has 0 spiro atoms. The average Bonchev–Trinajstić information content (AvgIpc) is 3.05. The molecule has 1 saturated heterocycles. The van der Waals surface area contributed by atoms with Gasteiger partial charge in [0.05, 0.1) is 17.5 Å². The molecule has 4 aliphatic rings. The maximum absolute atomic E-state index is 13.9. The quantitative estimate of drug-likeness (QED) is 0.353. The summed E-state index contributed by atoms with van der Waals surface area (Å²) < 4.78 is 1.01. The summed E-state index contributed by atoms with van der Waals surface area (Å²) >= 11 is 2.23. The van der Waals surface area contributed by atoms with Crippen LogP contribution in [0.5, 0.6) is 0 Å². The summed E-state index contributed by atoms with van der Waals surface area (Å²) in [4.78, 5) is 29.2. The Labute approximate surface area is 189 Å². The standard InChI is InChI=1S/C26H20INO2/c1-2-26-19-12-5-3-10-17(19)21(18-11-4-6-13-20(18)26)22-23(26)25(30)28(24(22)29)16-9-7-8-15(27)14-16/h3-14,21-23H,2H2,1H3/t21?,22-,23+,26?/m0/s1. The molecule has 3 aromatic rings.